The Hall–Kier alpha value is -0.660. The Balaban J connectivity index is 1.93. The summed E-state index contributed by atoms with van der Waals surface area (Å²) < 4.78 is 7.14. The summed E-state index contributed by atoms with van der Waals surface area (Å²) in [5.41, 5.74) is 7.27. The van der Waals surface area contributed by atoms with E-state index in [9.17, 15) is 0 Å². The highest BCUT2D eigenvalue weighted by atomic mass is 127. The molecule has 0 radical (unpaired) electrons. The van der Waals surface area contributed by atoms with Crippen LogP contribution in [0.4, 0.5) is 0 Å². The average Bonchev–Trinajstić information content (AvgIpc) is 2.76. The third-order valence-corrected chi connectivity index (χ3v) is 4.64. The normalized spacial score (nSPS) is 22.9. The molecular weight excluding hydrogens is 347 g/mol. The van der Waals surface area contributed by atoms with Crippen LogP contribution in [0.1, 0.15) is 29.1 Å². The molecule has 2 heterocycles. The summed E-state index contributed by atoms with van der Waals surface area (Å²) in [6, 6.07) is 8.00. The SMILES string of the molecule is N[C@@H]1CC(c2ncc(I)s2)Oc2ccccc21. The Morgan fingerprint density at radius 2 is 2.24 bits per heavy atom. The lowest BCUT2D eigenvalue weighted by Gasteiger charge is -2.28. The van der Waals surface area contributed by atoms with Gasteiger partial charge >= 0.3 is 0 Å². The van der Waals surface area contributed by atoms with E-state index in [-0.39, 0.29) is 12.1 Å². The molecule has 2 atom stereocenters. The summed E-state index contributed by atoms with van der Waals surface area (Å²) in [7, 11) is 0. The third-order valence-electron chi connectivity index (χ3n) is 2.83. The number of aromatic nitrogens is 1. The molecule has 1 unspecified atom stereocenters. The van der Waals surface area contributed by atoms with Gasteiger partial charge in [-0.1, -0.05) is 18.2 Å². The van der Waals surface area contributed by atoms with Crippen LogP contribution >= 0.6 is 33.9 Å². The predicted octanol–water partition coefficient (Wildman–Crippen LogP) is 3.27. The first-order valence-electron chi connectivity index (χ1n) is 5.36. The number of thiazole rings is 1. The summed E-state index contributed by atoms with van der Waals surface area (Å²) in [6.45, 7) is 0. The first kappa shape index (κ1) is 11.4. The van der Waals surface area contributed by atoms with Crippen molar-refractivity contribution >= 4 is 33.9 Å². The van der Waals surface area contributed by atoms with Crippen LogP contribution in [0.25, 0.3) is 0 Å². The number of halogens is 1. The van der Waals surface area contributed by atoms with Gasteiger partial charge in [0, 0.05) is 18.0 Å². The molecule has 2 aromatic rings. The number of rotatable bonds is 1. The molecule has 1 aromatic carbocycles. The van der Waals surface area contributed by atoms with Crippen LogP contribution in [0, 0.1) is 2.88 Å². The fourth-order valence-corrected chi connectivity index (χ4v) is 3.52. The molecule has 1 aromatic heterocycles. The number of para-hydroxylation sites is 1. The number of nitrogens with two attached hydrogens (primary N) is 1. The van der Waals surface area contributed by atoms with Gasteiger partial charge in [-0.2, -0.15) is 0 Å². The average molecular weight is 358 g/mol. The van der Waals surface area contributed by atoms with Crippen molar-refractivity contribution in [1.29, 1.82) is 0 Å². The fourth-order valence-electron chi connectivity index (χ4n) is 2.02. The van der Waals surface area contributed by atoms with Gasteiger partial charge in [-0.3, -0.25) is 0 Å². The van der Waals surface area contributed by atoms with Gasteiger partial charge < -0.3 is 10.5 Å². The van der Waals surface area contributed by atoms with Crippen molar-refractivity contribution < 1.29 is 4.74 Å². The Labute approximate surface area is 117 Å². The van der Waals surface area contributed by atoms with Crippen LogP contribution < -0.4 is 10.5 Å². The molecule has 17 heavy (non-hydrogen) atoms. The Morgan fingerprint density at radius 1 is 1.41 bits per heavy atom. The Morgan fingerprint density at radius 3 is 3.00 bits per heavy atom. The third kappa shape index (κ3) is 2.19. The van der Waals surface area contributed by atoms with Gasteiger partial charge in [-0.25, -0.2) is 4.98 Å². The van der Waals surface area contributed by atoms with Gasteiger partial charge in [0.05, 0.1) is 9.08 Å². The molecule has 0 bridgehead atoms. The monoisotopic (exact) mass is 358 g/mol. The quantitative estimate of drug-likeness (QED) is 0.796. The van der Waals surface area contributed by atoms with E-state index in [1.165, 1.54) is 2.88 Å². The van der Waals surface area contributed by atoms with Crippen molar-refractivity contribution in [2.75, 3.05) is 0 Å². The van der Waals surface area contributed by atoms with Gasteiger partial charge in [-0.05, 0) is 28.7 Å². The van der Waals surface area contributed by atoms with Gasteiger partial charge in [-0.15, -0.1) is 11.3 Å². The highest BCUT2D eigenvalue weighted by Gasteiger charge is 2.28. The van der Waals surface area contributed by atoms with E-state index < -0.39 is 0 Å². The highest BCUT2D eigenvalue weighted by molar-refractivity contribution is 14.1. The molecule has 0 spiro atoms. The van der Waals surface area contributed by atoms with Crippen LogP contribution in [-0.2, 0) is 0 Å². The van der Waals surface area contributed by atoms with Gasteiger partial charge in [0.25, 0.3) is 0 Å². The molecule has 0 saturated carbocycles. The number of ether oxygens (including phenoxy) is 1. The van der Waals surface area contributed by atoms with E-state index in [2.05, 4.69) is 27.6 Å². The Kier molecular flexibility index (Phi) is 3.06. The highest BCUT2D eigenvalue weighted by Crippen LogP contribution is 2.40. The minimum absolute atomic E-state index is 0.00610. The standard InChI is InChI=1S/C12H11IN2OS/c13-11-6-15-12(17-11)10-5-8(14)7-3-1-2-4-9(7)16-10/h1-4,6,8,10H,5,14H2/t8-,10?/m1/s1. The second-order valence-electron chi connectivity index (χ2n) is 3.99. The summed E-state index contributed by atoms with van der Waals surface area (Å²) in [5, 5.41) is 1.01. The minimum atomic E-state index is -0.00610. The fraction of sp³-hybridized carbons (Fsp3) is 0.250. The number of hydrogen-bond acceptors (Lipinski definition) is 4. The molecule has 0 amide bonds. The van der Waals surface area contributed by atoms with Gasteiger partial charge in [0.1, 0.15) is 10.8 Å². The number of hydrogen-bond donors (Lipinski definition) is 1. The van der Waals surface area contributed by atoms with E-state index >= 15 is 0 Å². The van der Waals surface area contributed by atoms with Crippen LogP contribution in [-0.4, -0.2) is 4.98 Å². The molecule has 5 heteroatoms. The molecule has 1 aliphatic heterocycles. The zero-order chi connectivity index (χ0) is 11.8. The molecule has 3 rings (SSSR count). The molecule has 2 N–H and O–H groups in total. The van der Waals surface area contributed by atoms with Crippen molar-refractivity contribution in [1.82, 2.24) is 4.98 Å². The summed E-state index contributed by atoms with van der Waals surface area (Å²) in [6.07, 6.45) is 2.66. The summed E-state index contributed by atoms with van der Waals surface area (Å²) in [4.78, 5) is 4.38. The van der Waals surface area contributed by atoms with Crippen molar-refractivity contribution in [2.24, 2.45) is 5.73 Å². The lowest BCUT2D eigenvalue weighted by atomic mass is 9.97. The van der Waals surface area contributed by atoms with E-state index in [4.69, 9.17) is 10.5 Å². The zero-order valence-electron chi connectivity index (χ0n) is 8.97. The van der Waals surface area contributed by atoms with Gasteiger partial charge in [0.2, 0.25) is 0 Å². The molecule has 1 aliphatic rings. The topological polar surface area (TPSA) is 48.1 Å². The van der Waals surface area contributed by atoms with Crippen molar-refractivity contribution in [2.45, 2.75) is 18.6 Å². The smallest absolute Gasteiger partial charge is 0.152 e. The second kappa shape index (κ2) is 4.55. The number of fused-ring (bicyclic) bond motifs is 1. The van der Waals surface area contributed by atoms with Crippen LogP contribution in [0.2, 0.25) is 0 Å². The van der Waals surface area contributed by atoms with Crippen LogP contribution in [0.3, 0.4) is 0 Å². The Bertz CT molecular complexity index is 543. The van der Waals surface area contributed by atoms with Crippen LogP contribution in [0.5, 0.6) is 5.75 Å². The zero-order valence-corrected chi connectivity index (χ0v) is 11.9. The first-order valence-corrected chi connectivity index (χ1v) is 7.26. The van der Waals surface area contributed by atoms with Crippen LogP contribution in [0.15, 0.2) is 30.5 Å². The number of nitrogens with zero attached hydrogens (tertiary/aromatic N) is 1. The lowest BCUT2D eigenvalue weighted by molar-refractivity contribution is 0.161. The molecule has 0 saturated heterocycles. The predicted molar refractivity (Wildman–Crippen MR) is 76.2 cm³/mol. The summed E-state index contributed by atoms with van der Waals surface area (Å²) in [5.74, 6) is 0.890. The maximum atomic E-state index is 6.18. The second-order valence-corrected chi connectivity index (χ2v) is 6.95. The number of benzene rings is 1. The van der Waals surface area contributed by atoms with E-state index in [1.807, 2.05) is 30.5 Å². The van der Waals surface area contributed by atoms with E-state index in [0.717, 1.165) is 22.7 Å². The van der Waals surface area contributed by atoms with Crippen molar-refractivity contribution in [3.63, 3.8) is 0 Å². The minimum Gasteiger partial charge on any atom is -0.483 e. The van der Waals surface area contributed by atoms with E-state index in [0.29, 0.717) is 0 Å². The maximum absolute atomic E-state index is 6.18. The molecule has 0 fully saturated rings. The largest absolute Gasteiger partial charge is 0.483 e. The first-order chi connectivity index (χ1) is 8.24. The molecular formula is C12H11IN2OS. The molecule has 3 nitrogen and oxygen atoms in total. The van der Waals surface area contributed by atoms with E-state index in [1.54, 1.807) is 11.3 Å². The molecule has 88 valence electrons. The maximum Gasteiger partial charge on any atom is 0.152 e. The summed E-state index contributed by atoms with van der Waals surface area (Å²) >= 11 is 3.94. The van der Waals surface area contributed by atoms with Crippen molar-refractivity contribution in [3.8, 4) is 5.75 Å². The molecule has 0 aliphatic carbocycles. The lowest BCUT2D eigenvalue weighted by Crippen LogP contribution is -2.23. The van der Waals surface area contributed by atoms with Crippen molar-refractivity contribution in [3.05, 3.63) is 43.9 Å². The van der Waals surface area contributed by atoms with Gasteiger partial charge in [0.15, 0.2) is 6.10 Å².